The molecule has 2 atom stereocenters. The molecule has 2 unspecified atom stereocenters. The molecule has 4 nitrogen and oxygen atoms in total. The fourth-order valence-corrected chi connectivity index (χ4v) is 0.501. The van der Waals surface area contributed by atoms with Crippen LogP contribution < -0.4 is 5.73 Å². The van der Waals surface area contributed by atoms with Crippen LogP contribution in [0.1, 0.15) is 0 Å². The highest BCUT2D eigenvalue weighted by Crippen LogP contribution is 2.09. The Morgan fingerprint density at radius 3 is 1.80 bits per heavy atom. The number of amides is 1. The zero-order valence-electron chi connectivity index (χ0n) is 4.75. The maximum absolute atomic E-state index is 10.2. The lowest BCUT2D eigenvalue weighted by molar-refractivity contribution is -0.137. The van der Waals surface area contributed by atoms with Crippen molar-refractivity contribution in [2.45, 2.75) is 10.8 Å². The maximum atomic E-state index is 10.2. The largest absolute Gasteiger partial charge is 0.480 e. The molecule has 0 aromatic rings. The summed E-state index contributed by atoms with van der Waals surface area (Å²) in [5.41, 5.74) is 4.66. The first-order chi connectivity index (χ1) is 4.46. The summed E-state index contributed by atoms with van der Waals surface area (Å²) in [5.74, 6) is -2.30. The van der Waals surface area contributed by atoms with Gasteiger partial charge in [0.15, 0.2) is 5.38 Å². The third-order valence-electron chi connectivity index (χ3n) is 0.765. The highest BCUT2D eigenvalue weighted by Gasteiger charge is 2.28. The average molecular weight is 186 g/mol. The maximum Gasteiger partial charge on any atom is 0.323 e. The van der Waals surface area contributed by atoms with Gasteiger partial charge < -0.3 is 10.8 Å². The van der Waals surface area contributed by atoms with E-state index in [1.165, 1.54) is 0 Å². The van der Waals surface area contributed by atoms with Gasteiger partial charge in [-0.05, 0) is 0 Å². The third-order valence-corrected chi connectivity index (χ3v) is 1.80. The average Bonchev–Trinajstić information content (AvgIpc) is 1.84. The first-order valence-electron chi connectivity index (χ1n) is 2.27. The summed E-state index contributed by atoms with van der Waals surface area (Å²) in [6.45, 7) is 0. The van der Waals surface area contributed by atoms with Crippen LogP contribution in [-0.2, 0) is 9.59 Å². The Morgan fingerprint density at radius 2 is 1.70 bits per heavy atom. The van der Waals surface area contributed by atoms with E-state index < -0.39 is 22.6 Å². The van der Waals surface area contributed by atoms with Crippen molar-refractivity contribution >= 4 is 35.1 Å². The lowest BCUT2D eigenvalue weighted by Gasteiger charge is -2.06. The molecule has 10 heavy (non-hydrogen) atoms. The van der Waals surface area contributed by atoms with E-state index in [0.29, 0.717) is 0 Å². The second kappa shape index (κ2) is 3.63. The molecule has 6 heteroatoms. The number of rotatable bonds is 3. The van der Waals surface area contributed by atoms with Crippen LogP contribution in [0.3, 0.4) is 0 Å². The van der Waals surface area contributed by atoms with Crippen LogP contribution in [0.4, 0.5) is 0 Å². The highest BCUT2D eigenvalue weighted by molar-refractivity contribution is 6.42. The van der Waals surface area contributed by atoms with Gasteiger partial charge in [-0.2, -0.15) is 0 Å². The van der Waals surface area contributed by atoms with Gasteiger partial charge in [0.2, 0.25) is 5.91 Å². The number of carboxylic acid groups (broad SMARTS) is 1. The van der Waals surface area contributed by atoms with Gasteiger partial charge in [0.1, 0.15) is 5.38 Å². The molecule has 0 bridgehead atoms. The number of hydrogen-bond acceptors (Lipinski definition) is 2. The van der Waals surface area contributed by atoms with Gasteiger partial charge in [-0.3, -0.25) is 9.59 Å². The van der Waals surface area contributed by atoms with Gasteiger partial charge in [0.25, 0.3) is 0 Å². The van der Waals surface area contributed by atoms with Crippen LogP contribution in [-0.4, -0.2) is 27.7 Å². The molecule has 0 saturated heterocycles. The second-order valence-electron chi connectivity index (χ2n) is 1.54. The Labute approximate surface area is 66.9 Å². The topological polar surface area (TPSA) is 80.4 Å². The fraction of sp³-hybridized carbons (Fsp3) is 0.500. The van der Waals surface area contributed by atoms with E-state index in [1.54, 1.807) is 0 Å². The van der Waals surface area contributed by atoms with Gasteiger partial charge in [0, 0.05) is 0 Å². The minimum absolute atomic E-state index is 0.941. The van der Waals surface area contributed by atoms with Gasteiger partial charge >= 0.3 is 5.97 Å². The molecular weight excluding hydrogens is 181 g/mol. The molecular formula is C4H5Cl2NO3. The summed E-state index contributed by atoms with van der Waals surface area (Å²) in [7, 11) is 0. The third kappa shape index (κ3) is 2.41. The second-order valence-corrected chi connectivity index (χ2v) is 2.48. The molecule has 0 heterocycles. The fourth-order valence-electron chi connectivity index (χ4n) is 0.269. The number of carbonyl (C=O) groups is 2. The van der Waals surface area contributed by atoms with E-state index >= 15 is 0 Å². The summed E-state index contributed by atoms with van der Waals surface area (Å²) in [4.78, 5) is 20.2. The van der Waals surface area contributed by atoms with Crippen molar-refractivity contribution < 1.29 is 14.7 Å². The Hall–Kier alpha value is -0.480. The highest BCUT2D eigenvalue weighted by atomic mass is 35.5. The summed E-state index contributed by atoms with van der Waals surface area (Å²) in [6, 6.07) is 0. The zero-order chi connectivity index (χ0) is 8.31. The molecule has 58 valence electrons. The van der Waals surface area contributed by atoms with Gasteiger partial charge in [0.05, 0.1) is 0 Å². The number of primary amides is 1. The number of carbonyl (C=O) groups excluding carboxylic acids is 1. The molecule has 0 aromatic heterocycles. The van der Waals surface area contributed by atoms with E-state index in [2.05, 4.69) is 5.73 Å². The predicted molar refractivity (Wildman–Crippen MR) is 36.1 cm³/mol. The summed E-state index contributed by atoms with van der Waals surface area (Å²) >= 11 is 10.3. The van der Waals surface area contributed by atoms with E-state index in [0.717, 1.165) is 0 Å². The molecule has 0 radical (unpaired) electrons. The molecule has 0 aliphatic heterocycles. The van der Waals surface area contributed by atoms with Crippen LogP contribution in [0.2, 0.25) is 0 Å². The van der Waals surface area contributed by atoms with E-state index in [9.17, 15) is 9.59 Å². The van der Waals surface area contributed by atoms with E-state index in [-0.39, 0.29) is 0 Å². The lowest BCUT2D eigenvalue weighted by Crippen LogP contribution is -2.36. The molecule has 1 amide bonds. The Kier molecular flexibility index (Phi) is 3.46. The number of carboxylic acids is 1. The first kappa shape index (κ1) is 9.52. The van der Waals surface area contributed by atoms with Crippen molar-refractivity contribution in [3.63, 3.8) is 0 Å². The standard InChI is InChI=1S/C4H5Cl2NO3/c5-1(3(7)8)2(6)4(9)10/h1-2H,(H2,7,8)(H,9,10). The van der Waals surface area contributed by atoms with Crippen molar-refractivity contribution in [1.29, 1.82) is 0 Å². The number of halogens is 2. The number of aliphatic carboxylic acids is 1. The van der Waals surface area contributed by atoms with Gasteiger partial charge in [-0.1, -0.05) is 0 Å². The van der Waals surface area contributed by atoms with Crippen LogP contribution in [0.15, 0.2) is 0 Å². The van der Waals surface area contributed by atoms with Crippen LogP contribution in [0, 0.1) is 0 Å². The number of nitrogens with two attached hydrogens (primary N) is 1. The van der Waals surface area contributed by atoms with Crippen molar-refractivity contribution in [2.75, 3.05) is 0 Å². The van der Waals surface area contributed by atoms with Crippen molar-refractivity contribution in [2.24, 2.45) is 5.73 Å². The molecule has 0 saturated carbocycles. The van der Waals surface area contributed by atoms with Gasteiger partial charge in [-0.25, -0.2) is 0 Å². The monoisotopic (exact) mass is 185 g/mol. The minimum atomic E-state index is -1.46. The molecule has 3 N–H and O–H groups in total. The SMILES string of the molecule is NC(=O)C(Cl)C(Cl)C(=O)O. The summed E-state index contributed by atoms with van der Waals surface area (Å²) in [6.07, 6.45) is 0. The Morgan fingerprint density at radius 1 is 1.30 bits per heavy atom. The molecule has 0 fully saturated rings. The lowest BCUT2D eigenvalue weighted by atomic mass is 10.3. The molecule has 0 aliphatic rings. The van der Waals surface area contributed by atoms with Crippen LogP contribution in [0.25, 0.3) is 0 Å². The summed E-state index contributed by atoms with van der Waals surface area (Å²) < 4.78 is 0. The normalized spacial score (nSPS) is 15.8. The minimum Gasteiger partial charge on any atom is -0.480 e. The molecule has 0 aliphatic carbocycles. The Bertz CT molecular complexity index is 143. The van der Waals surface area contributed by atoms with Crippen molar-refractivity contribution in [1.82, 2.24) is 0 Å². The number of hydrogen-bond donors (Lipinski definition) is 2. The van der Waals surface area contributed by atoms with Crippen LogP contribution in [0.5, 0.6) is 0 Å². The first-order valence-corrected chi connectivity index (χ1v) is 3.14. The molecule has 0 aromatic carbocycles. The smallest absolute Gasteiger partial charge is 0.323 e. The van der Waals surface area contributed by atoms with E-state index in [1.807, 2.05) is 0 Å². The van der Waals surface area contributed by atoms with E-state index in [4.69, 9.17) is 28.3 Å². The zero-order valence-corrected chi connectivity index (χ0v) is 6.26. The number of alkyl halides is 2. The molecule has 0 spiro atoms. The Balaban J connectivity index is 4.07. The predicted octanol–water partition coefficient (Wildman–Crippen LogP) is -0.229. The summed E-state index contributed by atoms with van der Waals surface area (Å²) in [5, 5.41) is 5.36. The van der Waals surface area contributed by atoms with Crippen molar-refractivity contribution in [3.8, 4) is 0 Å². The quantitative estimate of drug-likeness (QED) is 0.597. The van der Waals surface area contributed by atoms with Crippen molar-refractivity contribution in [3.05, 3.63) is 0 Å². The molecule has 0 rings (SSSR count). The van der Waals surface area contributed by atoms with Gasteiger partial charge in [-0.15, -0.1) is 23.2 Å². The van der Waals surface area contributed by atoms with Crippen LogP contribution >= 0.6 is 23.2 Å².